The summed E-state index contributed by atoms with van der Waals surface area (Å²) < 4.78 is 4.91. The highest BCUT2D eigenvalue weighted by Crippen LogP contribution is 2.43. The molecule has 0 bridgehead atoms. The molecule has 0 saturated carbocycles. The van der Waals surface area contributed by atoms with Crippen LogP contribution in [0.3, 0.4) is 0 Å². The van der Waals surface area contributed by atoms with E-state index in [9.17, 15) is 4.79 Å². The number of benzene rings is 2. The van der Waals surface area contributed by atoms with Crippen LogP contribution in [0.15, 0.2) is 60.7 Å². The van der Waals surface area contributed by atoms with Crippen LogP contribution < -0.4 is 5.06 Å². The number of methoxy groups -OCH3 is 1. The Kier molecular flexibility index (Phi) is 3.86. The van der Waals surface area contributed by atoms with Gasteiger partial charge in [-0.3, -0.25) is 4.84 Å². The molecule has 1 saturated heterocycles. The Hall–Kier alpha value is -2.33. The number of nitrogens with zero attached hydrogens (tertiary/aromatic N) is 1. The lowest BCUT2D eigenvalue weighted by atomic mass is 9.94. The fourth-order valence-corrected chi connectivity index (χ4v) is 2.84. The van der Waals surface area contributed by atoms with Gasteiger partial charge in [0.25, 0.3) is 0 Å². The largest absolute Gasteiger partial charge is 0.467 e. The first-order chi connectivity index (χ1) is 10.6. The fraction of sp³-hybridized carbons (Fsp3) is 0.278. The maximum atomic E-state index is 12.1. The third kappa shape index (κ3) is 2.57. The van der Waals surface area contributed by atoms with Crippen molar-refractivity contribution in [3.63, 3.8) is 0 Å². The van der Waals surface area contributed by atoms with Gasteiger partial charge in [0.15, 0.2) is 5.60 Å². The molecule has 4 nitrogen and oxygen atoms in total. The number of para-hydroxylation sites is 1. The molecule has 4 heteroatoms. The number of esters is 1. The minimum absolute atomic E-state index is 0.0345. The molecule has 0 radical (unpaired) electrons. The second kappa shape index (κ2) is 5.81. The summed E-state index contributed by atoms with van der Waals surface area (Å²) in [5, 5.41) is 1.81. The van der Waals surface area contributed by atoms with Gasteiger partial charge in [-0.05, 0) is 24.6 Å². The van der Waals surface area contributed by atoms with Gasteiger partial charge < -0.3 is 4.74 Å². The minimum Gasteiger partial charge on any atom is -0.467 e. The maximum absolute atomic E-state index is 12.1. The zero-order chi connectivity index (χ0) is 15.6. The highest BCUT2D eigenvalue weighted by molar-refractivity contribution is 5.80. The number of carbonyl (C=O) groups excluding carboxylic acids is 1. The second-order valence-electron chi connectivity index (χ2n) is 5.61. The van der Waals surface area contributed by atoms with Crippen LogP contribution >= 0.6 is 0 Å². The van der Waals surface area contributed by atoms with E-state index < -0.39 is 5.60 Å². The summed E-state index contributed by atoms with van der Waals surface area (Å²) in [7, 11) is 1.39. The van der Waals surface area contributed by atoms with Crippen LogP contribution in [0.2, 0.25) is 0 Å². The quantitative estimate of drug-likeness (QED) is 0.813. The van der Waals surface area contributed by atoms with Crippen molar-refractivity contribution >= 4 is 11.7 Å². The molecule has 1 aliphatic rings. The van der Waals surface area contributed by atoms with Crippen LogP contribution in [-0.2, 0) is 14.4 Å². The van der Waals surface area contributed by atoms with E-state index in [1.165, 1.54) is 7.11 Å². The maximum Gasteiger partial charge on any atom is 0.340 e. The van der Waals surface area contributed by atoms with Gasteiger partial charge in [-0.1, -0.05) is 48.5 Å². The molecule has 114 valence electrons. The van der Waals surface area contributed by atoms with Crippen LogP contribution in [0.25, 0.3) is 0 Å². The molecule has 2 atom stereocenters. The SMILES string of the molecule is COC(=O)[C@]1(C)CC(c2ccccc2)N(c2ccccc2)O1. The van der Waals surface area contributed by atoms with E-state index in [0.29, 0.717) is 6.42 Å². The number of hydrogen-bond donors (Lipinski definition) is 0. The Bertz CT molecular complexity index is 594. The molecule has 1 heterocycles. The fourth-order valence-electron chi connectivity index (χ4n) is 2.84. The Labute approximate surface area is 130 Å². The van der Waals surface area contributed by atoms with Gasteiger partial charge in [-0.2, -0.15) is 0 Å². The summed E-state index contributed by atoms with van der Waals surface area (Å²) in [6, 6.07) is 19.8. The highest BCUT2D eigenvalue weighted by Gasteiger charge is 2.49. The number of hydrogen-bond acceptors (Lipinski definition) is 4. The molecule has 2 aromatic rings. The van der Waals surface area contributed by atoms with Crippen molar-refractivity contribution in [3.05, 3.63) is 66.2 Å². The predicted molar refractivity (Wildman–Crippen MR) is 84.2 cm³/mol. The van der Waals surface area contributed by atoms with Gasteiger partial charge in [0.2, 0.25) is 0 Å². The molecule has 0 amide bonds. The van der Waals surface area contributed by atoms with E-state index in [1.807, 2.05) is 65.7 Å². The van der Waals surface area contributed by atoms with Gasteiger partial charge in [-0.15, -0.1) is 0 Å². The molecule has 2 aromatic carbocycles. The second-order valence-corrected chi connectivity index (χ2v) is 5.61. The summed E-state index contributed by atoms with van der Waals surface area (Å²) in [6.07, 6.45) is 0.540. The van der Waals surface area contributed by atoms with Gasteiger partial charge in [-0.25, -0.2) is 9.86 Å². The molecule has 1 unspecified atom stereocenters. The monoisotopic (exact) mass is 297 g/mol. The smallest absolute Gasteiger partial charge is 0.340 e. The van der Waals surface area contributed by atoms with Crippen molar-refractivity contribution in [2.75, 3.05) is 12.2 Å². The minimum atomic E-state index is -0.981. The summed E-state index contributed by atoms with van der Waals surface area (Å²) >= 11 is 0. The Morgan fingerprint density at radius 1 is 1.14 bits per heavy atom. The van der Waals surface area contributed by atoms with Crippen molar-refractivity contribution in [1.82, 2.24) is 0 Å². The van der Waals surface area contributed by atoms with E-state index in [0.717, 1.165) is 11.3 Å². The number of ether oxygens (including phenoxy) is 1. The zero-order valence-electron chi connectivity index (χ0n) is 12.7. The molecule has 22 heavy (non-hydrogen) atoms. The molecule has 1 fully saturated rings. The number of rotatable bonds is 3. The van der Waals surface area contributed by atoms with Crippen molar-refractivity contribution < 1.29 is 14.4 Å². The van der Waals surface area contributed by atoms with E-state index in [2.05, 4.69) is 0 Å². The Balaban J connectivity index is 1.99. The Morgan fingerprint density at radius 3 is 2.32 bits per heavy atom. The summed E-state index contributed by atoms with van der Waals surface area (Å²) in [5.74, 6) is -0.355. The number of hydroxylamine groups is 1. The molecular formula is C18H19NO3. The van der Waals surface area contributed by atoms with Crippen LogP contribution in [0.4, 0.5) is 5.69 Å². The molecule has 3 rings (SSSR count). The topological polar surface area (TPSA) is 38.8 Å². The predicted octanol–water partition coefficient (Wildman–Crippen LogP) is 3.50. The van der Waals surface area contributed by atoms with E-state index in [1.54, 1.807) is 6.92 Å². The summed E-state index contributed by atoms with van der Waals surface area (Å²) in [5.41, 5.74) is 1.05. The molecule has 0 aliphatic carbocycles. The normalized spacial score (nSPS) is 24.3. The first-order valence-electron chi connectivity index (χ1n) is 7.31. The van der Waals surface area contributed by atoms with Crippen molar-refractivity contribution in [1.29, 1.82) is 0 Å². The van der Waals surface area contributed by atoms with E-state index in [-0.39, 0.29) is 12.0 Å². The van der Waals surface area contributed by atoms with Gasteiger partial charge >= 0.3 is 5.97 Å². The van der Waals surface area contributed by atoms with Gasteiger partial charge in [0.05, 0.1) is 18.8 Å². The van der Waals surface area contributed by atoms with Crippen molar-refractivity contribution in [2.24, 2.45) is 0 Å². The lowest BCUT2D eigenvalue weighted by Crippen LogP contribution is -2.37. The summed E-state index contributed by atoms with van der Waals surface area (Å²) in [6.45, 7) is 1.78. The van der Waals surface area contributed by atoms with Gasteiger partial charge in [0.1, 0.15) is 0 Å². The molecular weight excluding hydrogens is 278 g/mol. The van der Waals surface area contributed by atoms with Gasteiger partial charge in [0, 0.05) is 6.42 Å². The lowest BCUT2D eigenvalue weighted by Gasteiger charge is -2.26. The third-order valence-corrected chi connectivity index (χ3v) is 3.98. The van der Waals surface area contributed by atoms with Crippen LogP contribution in [0, 0.1) is 0 Å². The molecule has 1 aliphatic heterocycles. The Morgan fingerprint density at radius 2 is 1.73 bits per heavy atom. The zero-order valence-corrected chi connectivity index (χ0v) is 12.7. The number of carbonyl (C=O) groups is 1. The lowest BCUT2D eigenvalue weighted by molar-refractivity contribution is -0.163. The van der Waals surface area contributed by atoms with E-state index >= 15 is 0 Å². The van der Waals surface area contributed by atoms with Crippen LogP contribution in [0.1, 0.15) is 24.9 Å². The van der Waals surface area contributed by atoms with E-state index in [4.69, 9.17) is 9.57 Å². The molecule has 0 aromatic heterocycles. The third-order valence-electron chi connectivity index (χ3n) is 3.98. The summed E-state index contributed by atoms with van der Waals surface area (Å²) in [4.78, 5) is 18.1. The first-order valence-corrected chi connectivity index (χ1v) is 7.31. The van der Waals surface area contributed by atoms with Crippen LogP contribution in [0.5, 0.6) is 0 Å². The molecule has 0 spiro atoms. The van der Waals surface area contributed by atoms with Crippen LogP contribution in [-0.4, -0.2) is 18.7 Å². The average molecular weight is 297 g/mol. The standard InChI is InChI=1S/C18H19NO3/c1-18(17(20)21-2)13-16(14-9-5-3-6-10-14)19(22-18)15-11-7-4-8-12-15/h3-12,16H,13H2,1-2H3/t16?,18-/m0/s1. The first kappa shape index (κ1) is 14.6. The number of anilines is 1. The van der Waals surface area contributed by atoms with Crippen molar-refractivity contribution in [2.45, 2.75) is 25.0 Å². The molecule has 0 N–H and O–H groups in total. The van der Waals surface area contributed by atoms with Crippen molar-refractivity contribution in [3.8, 4) is 0 Å². The average Bonchev–Trinajstić information content (AvgIpc) is 2.95. The highest BCUT2D eigenvalue weighted by atomic mass is 16.7.